The van der Waals surface area contributed by atoms with Crippen molar-refractivity contribution in [3.8, 4) is 35.8 Å². The highest BCUT2D eigenvalue weighted by Gasteiger charge is 2.45. The van der Waals surface area contributed by atoms with E-state index in [4.69, 9.17) is 12.8 Å². The second-order valence-electron chi connectivity index (χ2n) is 10.1. The van der Waals surface area contributed by atoms with Gasteiger partial charge in [-0.1, -0.05) is 103 Å². The van der Waals surface area contributed by atoms with Crippen molar-refractivity contribution in [3.05, 3.63) is 58.7 Å². The Kier molecular flexibility index (Phi) is 8.87. The van der Waals surface area contributed by atoms with Crippen LogP contribution in [0.25, 0.3) is 11.1 Å². The standard InChI is InChI=1S/C33H42/c1-7-13-15-27(11-5)23-33(24-28(12-6)16-14-8-2)31-21-25(9-3)17-19-29(31)30-20-18-26(10-4)22-32(30)33/h3-4,17-22,27-28H,7-8,11-16,23-24H2,1-2,5-6H3. The third-order valence-corrected chi connectivity index (χ3v) is 8.05. The van der Waals surface area contributed by atoms with Crippen molar-refractivity contribution < 1.29 is 0 Å². The van der Waals surface area contributed by atoms with E-state index in [9.17, 15) is 0 Å². The van der Waals surface area contributed by atoms with Crippen LogP contribution in [0.1, 0.15) is 114 Å². The summed E-state index contributed by atoms with van der Waals surface area (Å²) in [6.07, 6.45) is 24.3. The summed E-state index contributed by atoms with van der Waals surface area (Å²) in [5.41, 5.74) is 7.61. The SMILES string of the molecule is C#Cc1ccc2c(c1)C(CC(CC)CCCC)(CC(CC)CCCC)c1cc(C#C)ccc1-2. The summed E-state index contributed by atoms with van der Waals surface area (Å²) in [5.74, 6) is 7.24. The molecule has 2 aromatic rings. The molecule has 0 N–H and O–H groups in total. The molecule has 0 aliphatic heterocycles. The first-order valence-electron chi connectivity index (χ1n) is 13.3. The van der Waals surface area contributed by atoms with Crippen molar-refractivity contribution in [2.24, 2.45) is 11.8 Å². The minimum absolute atomic E-state index is 0.00672. The zero-order valence-electron chi connectivity index (χ0n) is 21.3. The maximum absolute atomic E-state index is 5.89. The van der Waals surface area contributed by atoms with Gasteiger partial charge < -0.3 is 0 Å². The summed E-state index contributed by atoms with van der Waals surface area (Å²) in [6, 6.07) is 13.4. The lowest BCUT2D eigenvalue weighted by molar-refractivity contribution is 0.266. The van der Waals surface area contributed by atoms with Gasteiger partial charge in [0.1, 0.15) is 0 Å². The van der Waals surface area contributed by atoms with E-state index in [1.54, 1.807) is 0 Å². The van der Waals surface area contributed by atoms with Crippen LogP contribution in [0, 0.1) is 36.5 Å². The topological polar surface area (TPSA) is 0 Å². The first-order chi connectivity index (χ1) is 16.1. The van der Waals surface area contributed by atoms with Crippen LogP contribution in [0.15, 0.2) is 36.4 Å². The Morgan fingerprint density at radius 2 is 1.12 bits per heavy atom. The molecule has 0 bridgehead atoms. The molecule has 0 radical (unpaired) electrons. The van der Waals surface area contributed by atoms with Gasteiger partial charge in [-0.25, -0.2) is 0 Å². The molecule has 0 amide bonds. The Labute approximate surface area is 203 Å². The van der Waals surface area contributed by atoms with E-state index >= 15 is 0 Å². The molecule has 0 aromatic heterocycles. The fourth-order valence-corrected chi connectivity index (χ4v) is 6.07. The summed E-state index contributed by atoms with van der Waals surface area (Å²) in [4.78, 5) is 0. The van der Waals surface area contributed by atoms with Crippen molar-refractivity contribution in [2.45, 2.75) is 97.3 Å². The van der Waals surface area contributed by atoms with E-state index in [1.807, 2.05) is 0 Å². The fraction of sp³-hybridized carbons (Fsp3) is 0.515. The van der Waals surface area contributed by atoms with Crippen molar-refractivity contribution in [1.82, 2.24) is 0 Å². The van der Waals surface area contributed by atoms with E-state index in [0.29, 0.717) is 11.8 Å². The molecule has 0 fully saturated rings. The average Bonchev–Trinajstić information content (AvgIpc) is 3.12. The van der Waals surface area contributed by atoms with Crippen molar-refractivity contribution in [3.63, 3.8) is 0 Å². The summed E-state index contributed by atoms with van der Waals surface area (Å²) in [6.45, 7) is 9.35. The number of terminal acetylenes is 2. The molecule has 0 spiro atoms. The van der Waals surface area contributed by atoms with Gasteiger partial charge in [0.15, 0.2) is 0 Å². The normalized spacial score (nSPS) is 15.2. The molecule has 0 saturated carbocycles. The third-order valence-electron chi connectivity index (χ3n) is 8.05. The van der Waals surface area contributed by atoms with Gasteiger partial charge in [-0.3, -0.25) is 0 Å². The van der Waals surface area contributed by atoms with E-state index in [1.165, 1.54) is 86.5 Å². The van der Waals surface area contributed by atoms with Gasteiger partial charge in [-0.2, -0.15) is 0 Å². The lowest BCUT2D eigenvalue weighted by Crippen LogP contribution is -2.31. The highest BCUT2D eigenvalue weighted by molar-refractivity contribution is 5.82. The Morgan fingerprint density at radius 3 is 1.45 bits per heavy atom. The Bertz CT molecular complexity index is 926. The quantitative estimate of drug-likeness (QED) is 0.290. The molecule has 33 heavy (non-hydrogen) atoms. The summed E-state index contributed by atoms with van der Waals surface area (Å²) in [5, 5.41) is 0. The van der Waals surface area contributed by atoms with E-state index in [0.717, 1.165) is 11.1 Å². The maximum Gasteiger partial charge on any atom is 0.0246 e. The van der Waals surface area contributed by atoms with E-state index in [-0.39, 0.29) is 5.41 Å². The summed E-state index contributed by atoms with van der Waals surface area (Å²) in [7, 11) is 0. The van der Waals surface area contributed by atoms with Crippen molar-refractivity contribution in [1.29, 1.82) is 0 Å². The lowest BCUT2D eigenvalue weighted by Gasteiger charge is -2.38. The zero-order chi connectivity index (χ0) is 23.8. The highest BCUT2D eigenvalue weighted by Crippen LogP contribution is 2.56. The molecular formula is C33H42. The molecule has 174 valence electrons. The maximum atomic E-state index is 5.89. The minimum atomic E-state index is -0.00672. The number of hydrogen-bond acceptors (Lipinski definition) is 0. The van der Waals surface area contributed by atoms with Crippen LogP contribution in [-0.2, 0) is 5.41 Å². The molecule has 3 rings (SSSR count). The van der Waals surface area contributed by atoms with Crippen LogP contribution < -0.4 is 0 Å². The molecule has 2 unspecified atom stereocenters. The molecular weight excluding hydrogens is 396 g/mol. The van der Waals surface area contributed by atoms with E-state index < -0.39 is 0 Å². The van der Waals surface area contributed by atoms with Crippen LogP contribution in [-0.4, -0.2) is 0 Å². The molecule has 1 aliphatic carbocycles. The second-order valence-corrected chi connectivity index (χ2v) is 10.1. The van der Waals surface area contributed by atoms with Crippen LogP contribution in [0.2, 0.25) is 0 Å². The van der Waals surface area contributed by atoms with Gasteiger partial charge in [-0.05, 0) is 71.2 Å². The molecule has 0 nitrogen and oxygen atoms in total. The Hall–Kier alpha value is -2.44. The Morgan fingerprint density at radius 1 is 0.697 bits per heavy atom. The lowest BCUT2D eigenvalue weighted by atomic mass is 9.65. The van der Waals surface area contributed by atoms with Gasteiger partial charge in [0, 0.05) is 16.5 Å². The smallest absolute Gasteiger partial charge is 0.0246 e. The minimum Gasteiger partial charge on any atom is -0.115 e. The number of fused-ring (bicyclic) bond motifs is 3. The molecule has 1 aliphatic rings. The molecule has 0 saturated heterocycles. The average molecular weight is 439 g/mol. The van der Waals surface area contributed by atoms with Crippen molar-refractivity contribution >= 4 is 0 Å². The first kappa shape index (κ1) is 25.2. The van der Waals surface area contributed by atoms with Gasteiger partial charge in [0.05, 0.1) is 0 Å². The largest absolute Gasteiger partial charge is 0.115 e. The van der Waals surface area contributed by atoms with Gasteiger partial charge >= 0.3 is 0 Å². The van der Waals surface area contributed by atoms with Crippen LogP contribution in [0.3, 0.4) is 0 Å². The van der Waals surface area contributed by atoms with Crippen LogP contribution >= 0.6 is 0 Å². The number of benzene rings is 2. The second kappa shape index (κ2) is 11.6. The van der Waals surface area contributed by atoms with Gasteiger partial charge in [0.25, 0.3) is 0 Å². The molecule has 0 heterocycles. The first-order valence-corrected chi connectivity index (χ1v) is 13.3. The van der Waals surface area contributed by atoms with Gasteiger partial charge in [-0.15, -0.1) is 12.8 Å². The highest BCUT2D eigenvalue weighted by atomic mass is 14.5. The van der Waals surface area contributed by atoms with Crippen molar-refractivity contribution in [2.75, 3.05) is 0 Å². The monoisotopic (exact) mass is 438 g/mol. The van der Waals surface area contributed by atoms with Crippen LogP contribution in [0.5, 0.6) is 0 Å². The number of hydrogen-bond donors (Lipinski definition) is 0. The third kappa shape index (κ3) is 5.22. The predicted octanol–water partition coefficient (Wildman–Crippen LogP) is 9.13. The van der Waals surface area contributed by atoms with Gasteiger partial charge in [0.2, 0.25) is 0 Å². The fourth-order valence-electron chi connectivity index (χ4n) is 6.07. The zero-order valence-corrected chi connectivity index (χ0v) is 21.3. The molecule has 2 atom stereocenters. The van der Waals surface area contributed by atoms with E-state index in [2.05, 4.69) is 75.9 Å². The Balaban J connectivity index is 2.23. The van der Waals surface area contributed by atoms with Crippen LogP contribution in [0.4, 0.5) is 0 Å². The summed E-state index contributed by atoms with van der Waals surface area (Å²) < 4.78 is 0. The number of rotatable bonds is 12. The predicted molar refractivity (Wildman–Crippen MR) is 144 cm³/mol. The summed E-state index contributed by atoms with van der Waals surface area (Å²) >= 11 is 0. The molecule has 2 aromatic carbocycles. The molecule has 0 heteroatoms. The number of unbranched alkanes of at least 4 members (excludes halogenated alkanes) is 2.